The summed E-state index contributed by atoms with van der Waals surface area (Å²) in [5.74, 6) is -0.303. The van der Waals surface area contributed by atoms with Crippen LogP contribution in [-0.2, 0) is 0 Å². The van der Waals surface area contributed by atoms with Gasteiger partial charge in [0.05, 0.1) is 11.9 Å². The van der Waals surface area contributed by atoms with Gasteiger partial charge in [0.1, 0.15) is 5.82 Å². The van der Waals surface area contributed by atoms with Gasteiger partial charge in [0.2, 0.25) is 0 Å². The molecule has 0 saturated heterocycles. The summed E-state index contributed by atoms with van der Waals surface area (Å²) in [6, 6.07) is 11.9. The average molecular weight is 258 g/mol. The molecule has 1 N–H and O–H groups in total. The minimum atomic E-state index is -0.303. The van der Waals surface area contributed by atoms with Crippen molar-refractivity contribution in [2.45, 2.75) is 32.9 Å². The molecule has 0 radical (unpaired) electrons. The van der Waals surface area contributed by atoms with Crippen LogP contribution in [0, 0.1) is 12.7 Å². The molecule has 2 aromatic rings. The molecule has 0 aliphatic carbocycles. The lowest BCUT2D eigenvalue weighted by Crippen LogP contribution is -2.23. The van der Waals surface area contributed by atoms with E-state index in [-0.39, 0.29) is 17.9 Å². The molecule has 0 saturated carbocycles. The van der Waals surface area contributed by atoms with E-state index in [4.69, 9.17) is 0 Å². The van der Waals surface area contributed by atoms with E-state index >= 15 is 0 Å². The Hall–Kier alpha value is -1.74. The Morgan fingerprint density at radius 3 is 2.53 bits per heavy atom. The molecule has 0 fully saturated rings. The van der Waals surface area contributed by atoms with Gasteiger partial charge in [0, 0.05) is 12.1 Å². The minimum absolute atomic E-state index is 0.0797. The van der Waals surface area contributed by atoms with Gasteiger partial charge in [0.25, 0.3) is 0 Å². The molecular formula is C16H19FN2. The molecule has 2 rings (SSSR count). The number of aromatic nitrogens is 1. The number of nitrogens with zero attached hydrogens (tertiary/aromatic N) is 1. The third-order valence-electron chi connectivity index (χ3n) is 3.24. The minimum Gasteiger partial charge on any atom is -0.302 e. The van der Waals surface area contributed by atoms with Gasteiger partial charge >= 0.3 is 0 Å². The van der Waals surface area contributed by atoms with Gasteiger partial charge in [-0.05, 0) is 38.5 Å². The van der Waals surface area contributed by atoms with Crippen LogP contribution >= 0.6 is 0 Å². The van der Waals surface area contributed by atoms with Gasteiger partial charge in [-0.2, -0.15) is 0 Å². The Balaban J connectivity index is 2.06. The van der Waals surface area contributed by atoms with Crippen LogP contribution in [0.15, 0.2) is 42.6 Å². The van der Waals surface area contributed by atoms with Crippen LogP contribution in [-0.4, -0.2) is 4.98 Å². The van der Waals surface area contributed by atoms with Crippen LogP contribution in [0.3, 0.4) is 0 Å². The maximum absolute atomic E-state index is 12.8. The number of benzene rings is 1. The number of aryl methyl sites for hydroxylation is 1. The molecule has 0 amide bonds. The molecule has 2 nitrogen and oxygen atoms in total. The summed E-state index contributed by atoms with van der Waals surface area (Å²) in [4.78, 5) is 4.10. The zero-order valence-electron chi connectivity index (χ0n) is 11.5. The SMILES string of the molecule is Cc1cccc([C@H](C)NC(C)c2ccc(F)cn2)c1. The van der Waals surface area contributed by atoms with Gasteiger partial charge < -0.3 is 5.32 Å². The van der Waals surface area contributed by atoms with Crippen LogP contribution < -0.4 is 5.32 Å². The summed E-state index contributed by atoms with van der Waals surface area (Å²) < 4.78 is 12.8. The van der Waals surface area contributed by atoms with Crippen molar-refractivity contribution in [2.24, 2.45) is 0 Å². The van der Waals surface area contributed by atoms with Crippen molar-refractivity contribution < 1.29 is 4.39 Å². The van der Waals surface area contributed by atoms with Crippen LogP contribution in [0.1, 0.15) is 42.8 Å². The van der Waals surface area contributed by atoms with Crippen molar-refractivity contribution in [3.63, 3.8) is 0 Å². The van der Waals surface area contributed by atoms with E-state index in [2.05, 4.69) is 48.4 Å². The molecule has 1 aromatic heterocycles. The van der Waals surface area contributed by atoms with Crippen molar-refractivity contribution in [3.8, 4) is 0 Å². The number of rotatable bonds is 4. The molecule has 0 aliphatic rings. The Bertz CT molecular complexity index is 537. The van der Waals surface area contributed by atoms with E-state index in [1.807, 2.05) is 6.92 Å². The van der Waals surface area contributed by atoms with Gasteiger partial charge in [-0.25, -0.2) is 4.39 Å². The molecule has 1 unspecified atom stereocenters. The first-order valence-corrected chi connectivity index (χ1v) is 6.50. The van der Waals surface area contributed by atoms with E-state index in [1.54, 1.807) is 6.07 Å². The largest absolute Gasteiger partial charge is 0.302 e. The molecule has 100 valence electrons. The second-order valence-electron chi connectivity index (χ2n) is 4.93. The predicted molar refractivity (Wildman–Crippen MR) is 75.3 cm³/mol. The highest BCUT2D eigenvalue weighted by atomic mass is 19.1. The van der Waals surface area contributed by atoms with E-state index in [0.717, 1.165) is 5.69 Å². The molecule has 0 aliphatic heterocycles. The number of nitrogens with one attached hydrogen (secondary N) is 1. The van der Waals surface area contributed by atoms with Gasteiger partial charge in [-0.1, -0.05) is 29.8 Å². The van der Waals surface area contributed by atoms with Gasteiger partial charge in [-0.3, -0.25) is 4.98 Å². The monoisotopic (exact) mass is 258 g/mol. The summed E-state index contributed by atoms with van der Waals surface area (Å²) >= 11 is 0. The van der Waals surface area contributed by atoms with E-state index in [0.29, 0.717) is 0 Å². The zero-order valence-corrected chi connectivity index (χ0v) is 11.5. The van der Waals surface area contributed by atoms with Crippen LogP contribution in [0.5, 0.6) is 0 Å². The molecule has 1 heterocycles. The summed E-state index contributed by atoms with van der Waals surface area (Å²) in [5, 5.41) is 3.47. The Morgan fingerprint density at radius 2 is 1.89 bits per heavy atom. The summed E-state index contributed by atoms with van der Waals surface area (Å²) in [5.41, 5.74) is 3.34. The fourth-order valence-electron chi connectivity index (χ4n) is 2.14. The first-order chi connectivity index (χ1) is 9.06. The van der Waals surface area contributed by atoms with Crippen LogP contribution in [0.4, 0.5) is 4.39 Å². The topological polar surface area (TPSA) is 24.9 Å². The number of hydrogen-bond acceptors (Lipinski definition) is 2. The second-order valence-corrected chi connectivity index (χ2v) is 4.93. The lowest BCUT2D eigenvalue weighted by atomic mass is 10.0. The molecule has 0 bridgehead atoms. The van der Waals surface area contributed by atoms with Gasteiger partial charge in [0.15, 0.2) is 0 Å². The second kappa shape index (κ2) is 5.93. The van der Waals surface area contributed by atoms with Crippen molar-refractivity contribution in [3.05, 3.63) is 65.2 Å². The highest BCUT2D eigenvalue weighted by Gasteiger charge is 2.12. The highest BCUT2D eigenvalue weighted by Crippen LogP contribution is 2.19. The van der Waals surface area contributed by atoms with Crippen molar-refractivity contribution in [1.82, 2.24) is 10.3 Å². The third kappa shape index (κ3) is 3.61. The lowest BCUT2D eigenvalue weighted by Gasteiger charge is -2.20. The van der Waals surface area contributed by atoms with Crippen molar-refractivity contribution in [1.29, 1.82) is 0 Å². The number of halogens is 1. The van der Waals surface area contributed by atoms with Crippen molar-refractivity contribution in [2.75, 3.05) is 0 Å². The smallest absolute Gasteiger partial charge is 0.141 e. The molecule has 3 heteroatoms. The van der Waals surface area contributed by atoms with Crippen molar-refractivity contribution >= 4 is 0 Å². The summed E-state index contributed by atoms with van der Waals surface area (Å²) in [6.45, 7) is 6.24. The Kier molecular flexibility index (Phi) is 4.27. The molecule has 2 atom stereocenters. The van der Waals surface area contributed by atoms with E-state index in [1.165, 1.54) is 23.4 Å². The summed E-state index contributed by atoms with van der Waals surface area (Å²) in [6.07, 6.45) is 1.25. The molecule has 1 aromatic carbocycles. The van der Waals surface area contributed by atoms with Gasteiger partial charge in [-0.15, -0.1) is 0 Å². The fourth-order valence-corrected chi connectivity index (χ4v) is 2.14. The molecule has 0 spiro atoms. The fraction of sp³-hybridized carbons (Fsp3) is 0.312. The number of pyridine rings is 1. The lowest BCUT2D eigenvalue weighted by molar-refractivity contribution is 0.484. The van der Waals surface area contributed by atoms with Crippen LogP contribution in [0.2, 0.25) is 0 Å². The predicted octanol–water partition coefficient (Wildman–Crippen LogP) is 3.94. The first-order valence-electron chi connectivity index (χ1n) is 6.50. The maximum Gasteiger partial charge on any atom is 0.141 e. The zero-order chi connectivity index (χ0) is 13.8. The Morgan fingerprint density at radius 1 is 1.11 bits per heavy atom. The summed E-state index contributed by atoms with van der Waals surface area (Å²) in [7, 11) is 0. The number of hydrogen-bond donors (Lipinski definition) is 1. The quantitative estimate of drug-likeness (QED) is 0.898. The normalized spacial score (nSPS) is 14.1. The first kappa shape index (κ1) is 13.7. The highest BCUT2D eigenvalue weighted by molar-refractivity contribution is 5.25. The Labute approximate surface area is 113 Å². The average Bonchev–Trinajstić information content (AvgIpc) is 2.39. The molecular weight excluding hydrogens is 239 g/mol. The maximum atomic E-state index is 12.8. The van der Waals surface area contributed by atoms with E-state index in [9.17, 15) is 4.39 Å². The van der Waals surface area contributed by atoms with Crippen LogP contribution in [0.25, 0.3) is 0 Å². The molecule has 19 heavy (non-hydrogen) atoms. The standard InChI is InChI=1S/C16H19FN2/c1-11-5-4-6-14(9-11)12(2)19-13(3)16-8-7-15(17)10-18-16/h4-10,12-13,19H,1-3H3/t12-,13?/m0/s1. The third-order valence-corrected chi connectivity index (χ3v) is 3.24. The van der Waals surface area contributed by atoms with E-state index < -0.39 is 0 Å².